The number of nitrogens with one attached hydrogen (secondary N) is 1. The minimum Gasteiger partial charge on any atom is -0.508 e. The maximum absolute atomic E-state index is 9.41. The smallest absolute Gasteiger partial charge is 0.216 e. The Hall–Kier alpha value is -2.08. The first-order chi connectivity index (χ1) is 13.9. The Morgan fingerprint density at radius 3 is 2.21 bits per heavy atom. The molecule has 1 heterocycles. The monoisotopic (exact) mass is 401 g/mol. The van der Waals surface area contributed by atoms with Gasteiger partial charge in [-0.3, -0.25) is 0 Å². The molecular formula is C23H39N5O. The molecule has 1 aliphatic heterocycles. The van der Waals surface area contributed by atoms with Crippen LogP contribution in [0, 0.1) is 0 Å². The number of nitrogens with two attached hydrogens (primary N) is 1. The van der Waals surface area contributed by atoms with Crippen LogP contribution in [0.3, 0.4) is 0 Å². The van der Waals surface area contributed by atoms with Gasteiger partial charge in [-0.05, 0) is 38.0 Å². The highest BCUT2D eigenvalue weighted by Crippen LogP contribution is 2.17. The number of unbranched alkanes of at least 4 members (excludes halogenated alkanes) is 8. The topological polar surface area (TPSA) is 86.2 Å². The van der Waals surface area contributed by atoms with Gasteiger partial charge in [0, 0.05) is 6.42 Å². The van der Waals surface area contributed by atoms with Crippen molar-refractivity contribution in [3.05, 3.63) is 29.8 Å². The van der Waals surface area contributed by atoms with Crippen LogP contribution >= 0.6 is 0 Å². The lowest BCUT2D eigenvalue weighted by Gasteiger charge is -2.36. The molecule has 0 aromatic heterocycles. The molecule has 0 saturated carbocycles. The summed E-state index contributed by atoms with van der Waals surface area (Å²) in [5.41, 5.74) is 0.601. The zero-order valence-electron chi connectivity index (χ0n) is 18.5. The summed E-state index contributed by atoms with van der Waals surface area (Å²) in [4.78, 5) is 9.42. The summed E-state index contributed by atoms with van der Waals surface area (Å²) >= 11 is 0. The molecule has 0 saturated heterocycles. The van der Waals surface area contributed by atoms with Gasteiger partial charge in [-0.25, -0.2) is 20.8 Å². The van der Waals surface area contributed by atoms with Gasteiger partial charge in [0.1, 0.15) is 17.2 Å². The van der Waals surface area contributed by atoms with E-state index in [9.17, 15) is 5.11 Å². The molecule has 0 spiro atoms. The average Bonchev–Trinajstić information content (AvgIpc) is 2.69. The van der Waals surface area contributed by atoms with Gasteiger partial charge in [0.05, 0.1) is 6.54 Å². The normalized spacial score (nSPS) is 17.3. The fourth-order valence-electron chi connectivity index (χ4n) is 3.51. The molecule has 0 fully saturated rings. The molecule has 29 heavy (non-hydrogen) atoms. The van der Waals surface area contributed by atoms with Crippen molar-refractivity contribution >= 4 is 11.8 Å². The van der Waals surface area contributed by atoms with Crippen molar-refractivity contribution in [2.75, 3.05) is 0 Å². The molecule has 0 atom stereocenters. The summed E-state index contributed by atoms with van der Waals surface area (Å²) in [6.07, 6.45) is 12.6. The van der Waals surface area contributed by atoms with E-state index in [-0.39, 0.29) is 5.75 Å². The number of amidine groups is 1. The van der Waals surface area contributed by atoms with Crippen molar-refractivity contribution in [3.63, 3.8) is 0 Å². The molecule has 0 unspecified atom stereocenters. The van der Waals surface area contributed by atoms with Crippen LogP contribution in [0.1, 0.15) is 90.5 Å². The number of phenols is 1. The molecule has 2 rings (SSSR count). The van der Waals surface area contributed by atoms with Gasteiger partial charge in [-0.2, -0.15) is 0 Å². The highest BCUT2D eigenvalue weighted by Gasteiger charge is 2.29. The first-order valence-corrected chi connectivity index (χ1v) is 11.2. The zero-order valence-corrected chi connectivity index (χ0v) is 18.5. The highest BCUT2D eigenvalue weighted by atomic mass is 16.3. The molecule has 1 aliphatic rings. The molecule has 0 aliphatic carbocycles. The van der Waals surface area contributed by atoms with Gasteiger partial charge in [-0.15, -0.1) is 0 Å². The molecule has 4 N–H and O–H groups in total. The SMILES string of the molecule is CCCCCCCCCCCC1=NC(C)(C)NC(=NCc2ccc(O)cc2)N1N. The number of phenolic OH excluding ortho intramolecular Hbond substituents is 1. The maximum atomic E-state index is 9.41. The Kier molecular flexibility index (Phi) is 9.45. The van der Waals surface area contributed by atoms with Crippen LogP contribution in [-0.2, 0) is 6.54 Å². The Morgan fingerprint density at radius 1 is 1.00 bits per heavy atom. The molecule has 0 radical (unpaired) electrons. The summed E-state index contributed by atoms with van der Waals surface area (Å²) in [5.74, 6) is 8.10. The summed E-state index contributed by atoms with van der Waals surface area (Å²) in [5, 5.41) is 14.3. The molecule has 0 bridgehead atoms. The zero-order chi connectivity index (χ0) is 21.1. The third kappa shape index (κ3) is 8.44. The fourth-order valence-corrected chi connectivity index (χ4v) is 3.51. The van der Waals surface area contributed by atoms with E-state index in [1.807, 2.05) is 26.0 Å². The van der Waals surface area contributed by atoms with E-state index in [1.54, 1.807) is 17.1 Å². The highest BCUT2D eigenvalue weighted by molar-refractivity contribution is 6.01. The number of aromatic hydroxyl groups is 1. The van der Waals surface area contributed by atoms with Crippen molar-refractivity contribution in [1.82, 2.24) is 10.3 Å². The van der Waals surface area contributed by atoms with Crippen LogP contribution in [0.5, 0.6) is 5.75 Å². The number of guanidine groups is 1. The van der Waals surface area contributed by atoms with Gasteiger partial charge in [0.15, 0.2) is 0 Å². The van der Waals surface area contributed by atoms with Crippen LogP contribution < -0.4 is 11.2 Å². The lowest BCUT2D eigenvalue weighted by Crippen LogP contribution is -2.60. The van der Waals surface area contributed by atoms with Crippen molar-refractivity contribution in [1.29, 1.82) is 0 Å². The van der Waals surface area contributed by atoms with Gasteiger partial charge < -0.3 is 10.4 Å². The predicted octanol–water partition coefficient (Wildman–Crippen LogP) is 5.08. The van der Waals surface area contributed by atoms with E-state index in [0.717, 1.165) is 24.2 Å². The van der Waals surface area contributed by atoms with Crippen molar-refractivity contribution < 1.29 is 5.11 Å². The van der Waals surface area contributed by atoms with Crippen LogP contribution in [-0.4, -0.2) is 27.6 Å². The van der Waals surface area contributed by atoms with E-state index in [0.29, 0.717) is 12.5 Å². The molecule has 1 aromatic carbocycles. The largest absolute Gasteiger partial charge is 0.508 e. The maximum Gasteiger partial charge on any atom is 0.216 e. The minimum absolute atomic E-state index is 0.258. The van der Waals surface area contributed by atoms with Crippen molar-refractivity contribution in [2.24, 2.45) is 15.8 Å². The molecule has 6 nitrogen and oxygen atoms in total. The summed E-state index contributed by atoms with van der Waals surface area (Å²) in [6.45, 7) is 6.82. The van der Waals surface area contributed by atoms with Gasteiger partial charge in [-0.1, -0.05) is 70.4 Å². The molecule has 6 heteroatoms. The van der Waals surface area contributed by atoms with E-state index in [4.69, 9.17) is 10.8 Å². The molecule has 162 valence electrons. The number of hydrogen-bond donors (Lipinski definition) is 3. The Labute approximate surface area is 176 Å². The van der Waals surface area contributed by atoms with Gasteiger partial charge >= 0.3 is 0 Å². The minimum atomic E-state index is -0.418. The Balaban J connectivity index is 1.80. The van der Waals surface area contributed by atoms with E-state index >= 15 is 0 Å². The lowest BCUT2D eigenvalue weighted by molar-refractivity contribution is 0.410. The summed E-state index contributed by atoms with van der Waals surface area (Å²) < 4.78 is 0. The van der Waals surface area contributed by atoms with E-state index < -0.39 is 5.66 Å². The first-order valence-electron chi connectivity index (χ1n) is 11.2. The Bertz CT molecular complexity index is 666. The third-order valence-electron chi connectivity index (χ3n) is 5.18. The second-order valence-electron chi connectivity index (χ2n) is 8.47. The van der Waals surface area contributed by atoms with Crippen LogP contribution in [0.25, 0.3) is 0 Å². The molecule has 0 amide bonds. The average molecular weight is 402 g/mol. The van der Waals surface area contributed by atoms with Crippen LogP contribution in [0.2, 0.25) is 0 Å². The number of rotatable bonds is 12. The quantitative estimate of drug-likeness (QED) is 0.337. The summed E-state index contributed by atoms with van der Waals surface area (Å²) in [7, 11) is 0. The number of benzene rings is 1. The second kappa shape index (κ2) is 11.8. The number of hydrogen-bond acceptors (Lipinski definition) is 4. The molecule has 1 aromatic rings. The number of aliphatic imine (C=N–C) groups is 2. The van der Waals surface area contributed by atoms with Crippen molar-refractivity contribution in [2.45, 2.75) is 97.2 Å². The van der Waals surface area contributed by atoms with Crippen molar-refractivity contribution in [3.8, 4) is 5.75 Å². The third-order valence-corrected chi connectivity index (χ3v) is 5.18. The van der Waals surface area contributed by atoms with E-state index in [1.165, 1.54) is 51.4 Å². The second-order valence-corrected chi connectivity index (χ2v) is 8.47. The van der Waals surface area contributed by atoms with Crippen LogP contribution in [0.15, 0.2) is 34.3 Å². The Morgan fingerprint density at radius 2 is 1.59 bits per heavy atom. The number of nitrogens with zero attached hydrogens (tertiary/aromatic N) is 3. The predicted molar refractivity (Wildman–Crippen MR) is 122 cm³/mol. The van der Waals surface area contributed by atoms with Gasteiger partial charge in [0.2, 0.25) is 5.96 Å². The summed E-state index contributed by atoms with van der Waals surface area (Å²) in [6, 6.07) is 7.08. The first kappa shape index (κ1) is 23.2. The lowest BCUT2D eigenvalue weighted by atomic mass is 10.1. The number of hydrazine groups is 1. The van der Waals surface area contributed by atoms with Gasteiger partial charge in [0.25, 0.3) is 0 Å². The fraction of sp³-hybridized carbons (Fsp3) is 0.652. The standard InChI is InChI=1S/C23H39N5O/c1-4-5-6-7-8-9-10-11-12-13-21-26-23(2,3)27-22(28(21)24)25-18-19-14-16-20(29)17-15-19/h14-17,29H,4-13,18,24H2,1-3H3,(H,25,27). The van der Waals surface area contributed by atoms with Crippen LogP contribution in [0.4, 0.5) is 0 Å². The van der Waals surface area contributed by atoms with E-state index in [2.05, 4.69) is 17.2 Å². The molecular weight excluding hydrogens is 362 g/mol.